The van der Waals surface area contributed by atoms with Crippen LogP contribution in [0.15, 0.2) is 29.2 Å². The van der Waals surface area contributed by atoms with Crippen LogP contribution in [0.2, 0.25) is 0 Å². The molecule has 0 aromatic heterocycles. The summed E-state index contributed by atoms with van der Waals surface area (Å²) >= 11 is 0. The fraction of sp³-hybridized carbons (Fsp3) is 0.562. The fourth-order valence-corrected chi connectivity index (χ4v) is 7.09. The van der Waals surface area contributed by atoms with Crippen LogP contribution in [-0.4, -0.2) is 61.2 Å². The van der Waals surface area contributed by atoms with Crippen molar-refractivity contribution in [3.8, 4) is 0 Å². The van der Waals surface area contributed by atoms with E-state index in [2.05, 4.69) is 0 Å². The summed E-state index contributed by atoms with van der Waals surface area (Å²) in [4.78, 5) is 22.8. The number of sulfonamides is 2. The Morgan fingerprint density at radius 1 is 1.25 bits per heavy atom. The molecule has 0 saturated carbocycles. The third-order valence-electron chi connectivity index (χ3n) is 5.21. The first-order valence-electron chi connectivity index (χ1n) is 8.79. The number of nitro benzene ring substituents is 1. The average Bonchev–Trinajstić information content (AvgIpc) is 3.13. The molecule has 28 heavy (non-hydrogen) atoms. The van der Waals surface area contributed by atoms with Crippen molar-refractivity contribution in [3.05, 3.63) is 34.4 Å². The van der Waals surface area contributed by atoms with Gasteiger partial charge in [-0.15, -0.1) is 0 Å². The molecule has 2 aliphatic heterocycles. The van der Waals surface area contributed by atoms with Gasteiger partial charge in [-0.05, 0) is 18.9 Å². The first-order chi connectivity index (χ1) is 13.0. The lowest BCUT2D eigenvalue weighted by Gasteiger charge is -2.26. The van der Waals surface area contributed by atoms with E-state index in [4.69, 9.17) is 0 Å². The van der Waals surface area contributed by atoms with Crippen LogP contribution in [0.5, 0.6) is 0 Å². The van der Waals surface area contributed by atoms with Gasteiger partial charge in [0.2, 0.25) is 26.0 Å². The maximum Gasteiger partial charge on any atom is 0.270 e. The van der Waals surface area contributed by atoms with E-state index in [-0.39, 0.29) is 23.5 Å². The second-order valence-electron chi connectivity index (χ2n) is 7.01. The second kappa shape index (κ2) is 7.08. The van der Waals surface area contributed by atoms with Gasteiger partial charge in [0.05, 0.1) is 34.1 Å². The number of fused-ring (bicyclic) bond motifs is 1. The van der Waals surface area contributed by atoms with Crippen molar-refractivity contribution < 1.29 is 26.6 Å². The molecule has 0 radical (unpaired) electrons. The number of nitro groups is 1. The minimum absolute atomic E-state index is 0.0415. The van der Waals surface area contributed by atoms with E-state index in [1.54, 1.807) is 0 Å². The van der Waals surface area contributed by atoms with Crippen LogP contribution in [-0.2, 0) is 24.8 Å². The SMILES string of the molecule is CCCC1C(=O)N(S(C)(=O)=O)C2CCN(S(=O)(=O)c3cccc([N+](=O)[O-])c3)C12. The number of amides is 1. The summed E-state index contributed by atoms with van der Waals surface area (Å²) in [6, 6.07) is 3.14. The number of carbonyl (C=O) groups is 1. The fourth-order valence-electron chi connectivity index (χ4n) is 4.16. The van der Waals surface area contributed by atoms with E-state index in [0.29, 0.717) is 12.8 Å². The number of rotatable bonds is 6. The highest BCUT2D eigenvalue weighted by Gasteiger charge is 2.58. The summed E-state index contributed by atoms with van der Waals surface area (Å²) in [5, 5.41) is 11.0. The van der Waals surface area contributed by atoms with Gasteiger partial charge in [0, 0.05) is 18.7 Å². The highest BCUT2D eigenvalue weighted by atomic mass is 32.2. The predicted octanol–water partition coefficient (Wildman–Crippen LogP) is 0.945. The first kappa shape index (κ1) is 20.7. The molecular formula is C16H21N3O7S2. The summed E-state index contributed by atoms with van der Waals surface area (Å²) in [5.41, 5.74) is -0.359. The average molecular weight is 431 g/mol. The lowest BCUT2D eigenvalue weighted by molar-refractivity contribution is -0.385. The Morgan fingerprint density at radius 2 is 1.93 bits per heavy atom. The van der Waals surface area contributed by atoms with Gasteiger partial charge in [0.25, 0.3) is 5.69 Å². The van der Waals surface area contributed by atoms with E-state index in [9.17, 15) is 31.7 Å². The molecular weight excluding hydrogens is 410 g/mol. The highest BCUT2D eigenvalue weighted by molar-refractivity contribution is 7.89. The van der Waals surface area contributed by atoms with Crippen LogP contribution in [0.3, 0.4) is 0 Å². The molecule has 1 aromatic carbocycles. The van der Waals surface area contributed by atoms with Crippen LogP contribution < -0.4 is 0 Å². The minimum atomic E-state index is -4.14. The predicted molar refractivity (Wildman–Crippen MR) is 99.3 cm³/mol. The largest absolute Gasteiger partial charge is 0.273 e. The summed E-state index contributed by atoms with van der Waals surface area (Å²) in [5.74, 6) is -1.35. The van der Waals surface area contributed by atoms with E-state index in [1.807, 2.05) is 6.92 Å². The third kappa shape index (κ3) is 3.29. The molecule has 1 amide bonds. The van der Waals surface area contributed by atoms with Gasteiger partial charge in [-0.1, -0.05) is 19.4 Å². The summed E-state index contributed by atoms with van der Waals surface area (Å²) in [7, 11) is -7.97. The third-order valence-corrected chi connectivity index (χ3v) is 8.27. The minimum Gasteiger partial charge on any atom is -0.273 e. The normalized spacial score (nSPS) is 25.9. The van der Waals surface area contributed by atoms with Crippen molar-refractivity contribution >= 4 is 31.6 Å². The van der Waals surface area contributed by atoms with Gasteiger partial charge < -0.3 is 0 Å². The zero-order valence-electron chi connectivity index (χ0n) is 15.4. The van der Waals surface area contributed by atoms with Crippen molar-refractivity contribution in [1.29, 1.82) is 0 Å². The quantitative estimate of drug-likeness (QED) is 0.483. The molecule has 0 bridgehead atoms. The standard InChI is InChI=1S/C16H21N3O7S2/c1-3-5-13-15-14(18(16(13)20)27(2,23)24)8-9-17(15)28(25,26)12-7-4-6-11(10-12)19(21)22/h4,6-7,10,13-15H,3,5,8-9H2,1-2H3. The van der Waals surface area contributed by atoms with Crippen LogP contribution in [0, 0.1) is 16.0 Å². The molecule has 3 atom stereocenters. The van der Waals surface area contributed by atoms with Gasteiger partial charge in [-0.2, -0.15) is 4.31 Å². The van der Waals surface area contributed by atoms with Crippen molar-refractivity contribution in [3.63, 3.8) is 0 Å². The van der Waals surface area contributed by atoms with E-state index in [0.717, 1.165) is 20.9 Å². The number of hydrogen-bond acceptors (Lipinski definition) is 7. The summed E-state index contributed by atoms with van der Waals surface area (Å²) in [6.07, 6.45) is 2.07. The maximum absolute atomic E-state index is 13.2. The van der Waals surface area contributed by atoms with Crippen molar-refractivity contribution in [1.82, 2.24) is 8.61 Å². The molecule has 154 valence electrons. The van der Waals surface area contributed by atoms with Crippen LogP contribution in [0.25, 0.3) is 0 Å². The van der Waals surface area contributed by atoms with Crippen molar-refractivity contribution in [2.45, 2.75) is 43.2 Å². The Bertz CT molecular complexity index is 1020. The molecule has 0 spiro atoms. The highest BCUT2D eigenvalue weighted by Crippen LogP contribution is 2.42. The molecule has 0 N–H and O–H groups in total. The van der Waals surface area contributed by atoms with Gasteiger partial charge in [-0.25, -0.2) is 21.1 Å². The molecule has 2 saturated heterocycles. The molecule has 2 heterocycles. The molecule has 2 aliphatic rings. The van der Waals surface area contributed by atoms with E-state index in [1.165, 1.54) is 18.2 Å². The molecule has 2 fully saturated rings. The first-order valence-corrected chi connectivity index (χ1v) is 12.1. The zero-order chi connectivity index (χ0) is 20.9. The van der Waals surface area contributed by atoms with Gasteiger partial charge in [0.15, 0.2) is 0 Å². The zero-order valence-corrected chi connectivity index (χ0v) is 17.0. The van der Waals surface area contributed by atoms with Crippen molar-refractivity contribution in [2.24, 2.45) is 5.92 Å². The number of hydrogen-bond donors (Lipinski definition) is 0. The smallest absolute Gasteiger partial charge is 0.270 e. The van der Waals surface area contributed by atoms with Gasteiger partial charge >= 0.3 is 0 Å². The molecule has 3 unspecified atom stereocenters. The molecule has 0 aliphatic carbocycles. The van der Waals surface area contributed by atoms with Gasteiger partial charge in [-0.3, -0.25) is 14.9 Å². The lowest BCUT2D eigenvalue weighted by atomic mass is 9.95. The van der Waals surface area contributed by atoms with Crippen molar-refractivity contribution in [2.75, 3.05) is 12.8 Å². The number of nitrogens with zero attached hydrogens (tertiary/aromatic N) is 3. The maximum atomic E-state index is 13.2. The number of benzene rings is 1. The van der Waals surface area contributed by atoms with Crippen LogP contribution in [0.4, 0.5) is 5.69 Å². The van der Waals surface area contributed by atoms with E-state index >= 15 is 0 Å². The summed E-state index contributed by atoms with van der Waals surface area (Å²) < 4.78 is 52.6. The Labute approximate surface area is 163 Å². The molecule has 12 heteroatoms. The van der Waals surface area contributed by atoms with Crippen LogP contribution in [0.1, 0.15) is 26.2 Å². The molecule has 10 nitrogen and oxygen atoms in total. The number of carbonyl (C=O) groups excluding carboxylic acids is 1. The Hall–Kier alpha value is -2.05. The Kier molecular flexibility index (Phi) is 5.23. The van der Waals surface area contributed by atoms with Gasteiger partial charge in [0.1, 0.15) is 0 Å². The Morgan fingerprint density at radius 3 is 2.50 bits per heavy atom. The summed E-state index contributed by atoms with van der Waals surface area (Å²) in [6.45, 7) is 1.87. The lowest BCUT2D eigenvalue weighted by Crippen LogP contribution is -2.43. The number of non-ortho nitro benzene ring substituents is 1. The topological polar surface area (TPSA) is 135 Å². The van der Waals surface area contributed by atoms with E-state index < -0.39 is 48.9 Å². The molecule has 3 rings (SSSR count). The Balaban J connectivity index is 2.05. The molecule has 1 aromatic rings. The monoisotopic (exact) mass is 431 g/mol. The second-order valence-corrected chi connectivity index (χ2v) is 10.8. The van der Waals surface area contributed by atoms with Crippen LogP contribution >= 0.6 is 0 Å².